The molecule has 1 rings (SSSR count). The molecule has 0 fully saturated rings. The van der Waals surface area contributed by atoms with Crippen molar-refractivity contribution in [1.29, 1.82) is 0 Å². The molecule has 0 heterocycles. The molecule has 0 atom stereocenters. The van der Waals surface area contributed by atoms with Crippen LogP contribution in [0.5, 0.6) is 0 Å². The highest BCUT2D eigenvalue weighted by Gasteiger charge is 2.13. The molecular weight excluding hydrogens is 212 g/mol. The Morgan fingerprint density at radius 1 is 1.47 bits per heavy atom. The lowest BCUT2D eigenvalue weighted by Crippen LogP contribution is -2.01. The third kappa shape index (κ3) is 2.76. The molecule has 0 spiro atoms. The number of carbonyl (C=O) groups is 1. The van der Waals surface area contributed by atoms with Crippen LogP contribution in [0.3, 0.4) is 0 Å². The van der Waals surface area contributed by atoms with Crippen molar-refractivity contribution in [1.82, 2.24) is 0 Å². The number of carboxylic acid groups (broad SMARTS) is 1. The van der Waals surface area contributed by atoms with E-state index < -0.39 is 5.97 Å². The summed E-state index contributed by atoms with van der Waals surface area (Å²) in [7, 11) is 1.44. The fourth-order valence-electron chi connectivity index (χ4n) is 1.21. The molecule has 80 valence electrons. The second kappa shape index (κ2) is 5.46. The second-order valence-corrected chi connectivity index (χ2v) is 3.62. The number of aliphatic carboxylic acids is 1. The van der Waals surface area contributed by atoms with Crippen molar-refractivity contribution in [2.75, 3.05) is 13.4 Å². The Hall–Kier alpha value is -1.42. The van der Waals surface area contributed by atoms with Crippen molar-refractivity contribution in [3.63, 3.8) is 0 Å². The van der Waals surface area contributed by atoms with E-state index in [2.05, 4.69) is 0 Å². The van der Waals surface area contributed by atoms with Gasteiger partial charge in [0.1, 0.15) is 5.57 Å². The summed E-state index contributed by atoms with van der Waals surface area (Å²) < 4.78 is 4.77. The summed E-state index contributed by atoms with van der Waals surface area (Å²) in [6, 6.07) is 7.33. The largest absolute Gasteiger partial charge is 0.503 e. The third-order valence-electron chi connectivity index (χ3n) is 1.86. The maximum Gasteiger partial charge on any atom is 0.339 e. The van der Waals surface area contributed by atoms with Gasteiger partial charge in [0.05, 0.1) is 13.4 Å². The number of hydrogen-bond acceptors (Lipinski definition) is 3. The number of benzene rings is 1. The Kier molecular flexibility index (Phi) is 4.24. The van der Waals surface area contributed by atoms with Gasteiger partial charge in [-0.2, -0.15) is 0 Å². The van der Waals surface area contributed by atoms with Gasteiger partial charge in [-0.1, -0.05) is 18.2 Å². The fraction of sp³-hybridized carbons (Fsp3) is 0.182. The number of carboxylic acids is 1. The van der Waals surface area contributed by atoms with Gasteiger partial charge in [0, 0.05) is 10.5 Å². The van der Waals surface area contributed by atoms with Crippen molar-refractivity contribution in [3.8, 4) is 0 Å². The fourth-order valence-corrected chi connectivity index (χ4v) is 1.83. The second-order valence-electron chi connectivity index (χ2n) is 2.77. The van der Waals surface area contributed by atoms with E-state index >= 15 is 0 Å². The van der Waals surface area contributed by atoms with Crippen LogP contribution in [0.1, 0.15) is 5.56 Å². The summed E-state index contributed by atoms with van der Waals surface area (Å²) in [5, 5.41) is 9.02. The predicted molar refractivity (Wildman–Crippen MR) is 60.8 cm³/mol. The highest BCUT2D eigenvalue weighted by Crippen LogP contribution is 2.26. The van der Waals surface area contributed by atoms with E-state index in [1.807, 2.05) is 24.5 Å². The molecule has 0 aromatic heterocycles. The zero-order chi connectivity index (χ0) is 11.3. The summed E-state index contributed by atoms with van der Waals surface area (Å²) in [6.07, 6.45) is 3.16. The third-order valence-corrected chi connectivity index (χ3v) is 2.66. The molecular formula is C11H12O3S. The number of thioether (sulfide) groups is 1. The Labute approximate surface area is 92.8 Å². The normalized spacial score (nSPS) is 11.2. The van der Waals surface area contributed by atoms with Crippen LogP contribution in [0.4, 0.5) is 0 Å². The zero-order valence-electron chi connectivity index (χ0n) is 8.56. The molecule has 1 N–H and O–H groups in total. The molecule has 1 aromatic rings. The summed E-state index contributed by atoms with van der Waals surface area (Å²) in [5.41, 5.74) is 0.849. The molecule has 0 aliphatic heterocycles. The Balaban J connectivity index is 3.22. The summed E-state index contributed by atoms with van der Waals surface area (Å²) in [4.78, 5) is 11.9. The maximum atomic E-state index is 11.0. The van der Waals surface area contributed by atoms with E-state index in [0.717, 1.165) is 4.90 Å². The van der Waals surface area contributed by atoms with Crippen LogP contribution in [0, 0.1) is 0 Å². The summed E-state index contributed by atoms with van der Waals surface area (Å²) >= 11 is 1.51. The van der Waals surface area contributed by atoms with Gasteiger partial charge in [0.25, 0.3) is 0 Å². The first kappa shape index (κ1) is 11.7. The number of hydrogen-bond donors (Lipinski definition) is 1. The van der Waals surface area contributed by atoms with Crippen LogP contribution in [0.15, 0.2) is 35.4 Å². The first-order valence-electron chi connectivity index (χ1n) is 4.30. The quantitative estimate of drug-likeness (QED) is 0.485. The molecule has 4 heteroatoms. The molecule has 0 saturated carbocycles. The molecule has 0 aliphatic carbocycles. The smallest absolute Gasteiger partial charge is 0.339 e. The summed E-state index contributed by atoms with van der Waals surface area (Å²) in [5.74, 6) is -0.988. The molecule has 0 radical (unpaired) electrons. The van der Waals surface area contributed by atoms with Crippen molar-refractivity contribution in [2.24, 2.45) is 0 Å². The van der Waals surface area contributed by atoms with E-state index in [1.165, 1.54) is 25.1 Å². The monoisotopic (exact) mass is 224 g/mol. The van der Waals surface area contributed by atoms with Crippen LogP contribution < -0.4 is 0 Å². The molecule has 3 nitrogen and oxygen atoms in total. The van der Waals surface area contributed by atoms with Gasteiger partial charge in [-0.25, -0.2) is 4.79 Å². The zero-order valence-corrected chi connectivity index (χ0v) is 9.38. The lowest BCUT2D eigenvalue weighted by Gasteiger charge is -2.07. The number of methoxy groups -OCH3 is 1. The molecule has 1 aromatic carbocycles. The van der Waals surface area contributed by atoms with Crippen molar-refractivity contribution >= 4 is 23.3 Å². The van der Waals surface area contributed by atoms with E-state index in [9.17, 15) is 4.79 Å². The summed E-state index contributed by atoms with van der Waals surface area (Å²) in [6.45, 7) is 0. The van der Waals surface area contributed by atoms with Gasteiger partial charge in [0.15, 0.2) is 0 Å². The van der Waals surface area contributed by atoms with Crippen LogP contribution in [-0.4, -0.2) is 24.4 Å². The average molecular weight is 224 g/mol. The van der Waals surface area contributed by atoms with Crippen LogP contribution in [0.2, 0.25) is 0 Å². The minimum Gasteiger partial charge on any atom is -0.503 e. The van der Waals surface area contributed by atoms with Crippen LogP contribution in [-0.2, 0) is 9.53 Å². The molecule has 0 amide bonds. The molecule has 0 bridgehead atoms. The van der Waals surface area contributed by atoms with Gasteiger partial charge < -0.3 is 9.84 Å². The van der Waals surface area contributed by atoms with Gasteiger partial charge in [-0.3, -0.25) is 0 Å². The maximum absolute atomic E-state index is 11.0. The minimum atomic E-state index is -0.988. The van der Waals surface area contributed by atoms with E-state index in [4.69, 9.17) is 9.84 Å². The molecule has 0 aliphatic rings. The minimum absolute atomic E-state index is 0.169. The van der Waals surface area contributed by atoms with Crippen LogP contribution in [0.25, 0.3) is 5.57 Å². The van der Waals surface area contributed by atoms with Crippen LogP contribution >= 0.6 is 11.8 Å². The predicted octanol–water partition coefficient (Wildman–Crippen LogP) is 2.48. The molecule has 0 saturated heterocycles. The Bertz CT molecular complexity index is 385. The van der Waals surface area contributed by atoms with Crippen molar-refractivity contribution < 1.29 is 14.6 Å². The Morgan fingerprint density at radius 3 is 2.67 bits per heavy atom. The standard InChI is InChI=1S/C11H12O3S/c1-14-7-9(11(12)13)8-5-3-4-6-10(8)15-2/h3-7H,1-2H3,(H,12,13). The van der Waals surface area contributed by atoms with Gasteiger partial charge in [-0.15, -0.1) is 11.8 Å². The SMILES string of the molecule is COC=C(C(=O)O)c1ccccc1SC. The van der Waals surface area contributed by atoms with Gasteiger partial charge >= 0.3 is 5.97 Å². The molecule has 15 heavy (non-hydrogen) atoms. The lowest BCUT2D eigenvalue weighted by atomic mass is 10.1. The first-order chi connectivity index (χ1) is 7.20. The van der Waals surface area contributed by atoms with E-state index in [0.29, 0.717) is 5.56 Å². The van der Waals surface area contributed by atoms with Crippen molar-refractivity contribution in [3.05, 3.63) is 36.1 Å². The highest BCUT2D eigenvalue weighted by atomic mass is 32.2. The average Bonchev–Trinajstić information content (AvgIpc) is 2.25. The van der Waals surface area contributed by atoms with E-state index in [1.54, 1.807) is 6.07 Å². The number of rotatable bonds is 4. The molecule has 0 unspecified atom stereocenters. The Morgan fingerprint density at radius 2 is 2.13 bits per heavy atom. The first-order valence-corrected chi connectivity index (χ1v) is 5.52. The number of ether oxygens (including phenoxy) is 1. The van der Waals surface area contributed by atoms with Gasteiger partial charge in [0.2, 0.25) is 0 Å². The topological polar surface area (TPSA) is 46.5 Å². The lowest BCUT2D eigenvalue weighted by molar-refractivity contribution is -0.130. The highest BCUT2D eigenvalue weighted by molar-refractivity contribution is 7.98. The van der Waals surface area contributed by atoms with Crippen molar-refractivity contribution in [2.45, 2.75) is 4.90 Å². The van der Waals surface area contributed by atoms with E-state index in [-0.39, 0.29) is 5.57 Å². The van der Waals surface area contributed by atoms with Gasteiger partial charge in [-0.05, 0) is 12.3 Å².